The van der Waals surface area contributed by atoms with Crippen molar-refractivity contribution < 1.29 is 0 Å². The molecule has 0 amide bonds. The first-order valence-corrected chi connectivity index (χ1v) is 5.98. The van der Waals surface area contributed by atoms with E-state index in [2.05, 4.69) is 33.2 Å². The summed E-state index contributed by atoms with van der Waals surface area (Å²) >= 11 is 5.89. The van der Waals surface area contributed by atoms with Crippen molar-refractivity contribution in [1.82, 2.24) is 15.0 Å². The highest BCUT2D eigenvalue weighted by molar-refractivity contribution is 6.28. The van der Waals surface area contributed by atoms with Crippen LogP contribution in [0.5, 0.6) is 0 Å². The predicted octanol–water partition coefficient (Wildman–Crippen LogP) is 3.65. The second kappa shape index (κ2) is 4.35. The Labute approximate surface area is 109 Å². The van der Waals surface area contributed by atoms with E-state index in [-0.39, 0.29) is 5.28 Å². The maximum absolute atomic E-state index is 5.89. The van der Waals surface area contributed by atoms with Gasteiger partial charge in [0.05, 0.1) is 0 Å². The van der Waals surface area contributed by atoms with E-state index in [0.29, 0.717) is 11.6 Å². The summed E-state index contributed by atoms with van der Waals surface area (Å²) in [5, 5.41) is 2.50. The van der Waals surface area contributed by atoms with Gasteiger partial charge in [-0.1, -0.05) is 42.5 Å². The number of nitrogens with zero attached hydrogens (tertiary/aromatic N) is 3. The second-order valence-electron chi connectivity index (χ2n) is 4.00. The van der Waals surface area contributed by atoms with E-state index >= 15 is 0 Å². The van der Waals surface area contributed by atoms with Crippen LogP contribution in [0.2, 0.25) is 5.28 Å². The molecule has 3 rings (SSSR count). The van der Waals surface area contributed by atoms with Crippen LogP contribution in [0.15, 0.2) is 42.5 Å². The van der Waals surface area contributed by atoms with Gasteiger partial charge in [-0.25, -0.2) is 9.97 Å². The highest BCUT2D eigenvalue weighted by atomic mass is 35.5. The van der Waals surface area contributed by atoms with E-state index in [0.717, 1.165) is 16.3 Å². The largest absolute Gasteiger partial charge is 0.226 e. The third kappa shape index (κ3) is 1.93. The molecule has 0 spiro atoms. The topological polar surface area (TPSA) is 38.7 Å². The molecule has 0 N–H and O–H groups in total. The van der Waals surface area contributed by atoms with Gasteiger partial charge >= 0.3 is 0 Å². The minimum absolute atomic E-state index is 0.227. The Morgan fingerprint density at radius 3 is 2.50 bits per heavy atom. The fourth-order valence-electron chi connectivity index (χ4n) is 1.99. The zero-order valence-corrected chi connectivity index (χ0v) is 10.5. The molecule has 3 nitrogen and oxygen atoms in total. The highest BCUT2D eigenvalue weighted by Crippen LogP contribution is 2.26. The van der Waals surface area contributed by atoms with Crippen molar-refractivity contribution in [1.29, 1.82) is 0 Å². The van der Waals surface area contributed by atoms with E-state index in [4.69, 9.17) is 11.6 Å². The van der Waals surface area contributed by atoms with Gasteiger partial charge in [-0.3, -0.25) is 0 Å². The Bertz CT molecular complexity index is 700. The van der Waals surface area contributed by atoms with Crippen molar-refractivity contribution in [2.24, 2.45) is 0 Å². The summed E-state index contributed by atoms with van der Waals surface area (Å²) < 4.78 is 0. The smallest absolute Gasteiger partial charge is 0.213 e. The van der Waals surface area contributed by atoms with Crippen LogP contribution in [0.1, 0.15) is 5.82 Å². The Morgan fingerprint density at radius 2 is 1.67 bits per heavy atom. The van der Waals surface area contributed by atoms with Crippen LogP contribution < -0.4 is 0 Å². The number of halogens is 1. The molecule has 0 bridgehead atoms. The molecule has 0 radical (unpaired) electrons. The normalized spacial score (nSPS) is 10.8. The van der Waals surface area contributed by atoms with Gasteiger partial charge in [-0.15, -0.1) is 0 Å². The van der Waals surface area contributed by atoms with Gasteiger partial charge in [0.15, 0.2) is 5.82 Å². The molecule has 18 heavy (non-hydrogen) atoms. The number of aromatic nitrogens is 3. The third-order valence-corrected chi connectivity index (χ3v) is 2.92. The summed E-state index contributed by atoms with van der Waals surface area (Å²) in [4.78, 5) is 12.5. The van der Waals surface area contributed by atoms with Crippen LogP contribution in [0.3, 0.4) is 0 Å². The molecule has 88 valence electrons. The summed E-state index contributed by atoms with van der Waals surface area (Å²) in [6, 6.07) is 14.2. The summed E-state index contributed by atoms with van der Waals surface area (Å²) in [5.41, 5.74) is 0.973. The summed E-state index contributed by atoms with van der Waals surface area (Å²) in [7, 11) is 0. The lowest BCUT2D eigenvalue weighted by atomic mass is 10.0. The van der Waals surface area contributed by atoms with Crippen LogP contribution in [0, 0.1) is 6.92 Å². The van der Waals surface area contributed by atoms with Crippen LogP contribution in [-0.4, -0.2) is 15.0 Å². The summed E-state index contributed by atoms with van der Waals surface area (Å²) in [6.07, 6.45) is 0. The fraction of sp³-hybridized carbons (Fsp3) is 0.0714. The number of benzene rings is 2. The van der Waals surface area contributed by atoms with Crippen LogP contribution in [0.4, 0.5) is 0 Å². The molecule has 0 saturated carbocycles. The van der Waals surface area contributed by atoms with E-state index < -0.39 is 0 Å². The van der Waals surface area contributed by atoms with E-state index in [1.54, 1.807) is 0 Å². The monoisotopic (exact) mass is 255 g/mol. The van der Waals surface area contributed by atoms with Gasteiger partial charge in [-0.2, -0.15) is 4.98 Å². The number of aryl methyl sites for hydroxylation is 1. The lowest BCUT2D eigenvalue weighted by Crippen LogP contribution is -1.96. The Kier molecular flexibility index (Phi) is 2.68. The molecule has 0 aliphatic carbocycles. The molecular weight excluding hydrogens is 246 g/mol. The maximum Gasteiger partial charge on any atom is 0.226 e. The van der Waals surface area contributed by atoms with Crippen LogP contribution >= 0.6 is 11.6 Å². The molecule has 3 aromatic rings. The van der Waals surface area contributed by atoms with Crippen molar-refractivity contribution in [2.45, 2.75) is 6.92 Å². The first-order valence-electron chi connectivity index (χ1n) is 5.60. The molecule has 1 heterocycles. The predicted molar refractivity (Wildman–Crippen MR) is 72.5 cm³/mol. The van der Waals surface area contributed by atoms with Gasteiger partial charge in [-0.05, 0) is 29.3 Å². The van der Waals surface area contributed by atoms with Gasteiger partial charge in [0.1, 0.15) is 5.82 Å². The molecule has 4 heteroatoms. The molecule has 0 fully saturated rings. The number of hydrogen-bond acceptors (Lipinski definition) is 3. The Balaban J connectivity index is 2.31. The van der Waals surface area contributed by atoms with E-state index in [9.17, 15) is 0 Å². The van der Waals surface area contributed by atoms with Gasteiger partial charge in [0.25, 0.3) is 0 Å². The highest BCUT2D eigenvalue weighted by Gasteiger charge is 2.08. The number of rotatable bonds is 1. The van der Waals surface area contributed by atoms with Gasteiger partial charge in [0.2, 0.25) is 5.28 Å². The molecule has 0 saturated heterocycles. The molecular formula is C14H10ClN3. The second-order valence-corrected chi connectivity index (χ2v) is 4.34. The van der Waals surface area contributed by atoms with Crippen molar-refractivity contribution >= 4 is 22.4 Å². The SMILES string of the molecule is Cc1nc(Cl)nc(-c2cccc3ccccc23)n1. The lowest BCUT2D eigenvalue weighted by Gasteiger charge is -2.05. The first kappa shape index (κ1) is 11.1. The first-order chi connectivity index (χ1) is 8.74. The maximum atomic E-state index is 5.89. The number of hydrogen-bond donors (Lipinski definition) is 0. The average molecular weight is 256 g/mol. The quantitative estimate of drug-likeness (QED) is 0.666. The molecule has 1 aromatic heterocycles. The minimum Gasteiger partial charge on any atom is -0.213 e. The van der Waals surface area contributed by atoms with Crippen molar-refractivity contribution in [3.05, 3.63) is 53.6 Å². The van der Waals surface area contributed by atoms with Crippen molar-refractivity contribution in [3.8, 4) is 11.4 Å². The van der Waals surface area contributed by atoms with Crippen LogP contribution in [-0.2, 0) is 0 Å². The standard InChI is InChI=1S/C14H10ClN3/c1-9-16-13(18-14(15)17-9)12-8-4-6-10-5-2-3-7-11(10)12/h2-8H,1H3. The molecule has 2 aromatic carbocycles. The van der Waals surface area contributed by atoms with Crippen molar-refractivity contribution in [2.75, 3.05) is 0 Å². The summed E-state index contributed by atoms with van der Waals surface area (Å²) in [6.45, 7) is 1.81. The average Bonchev–Trinajstić information content (AvgIpc) is 2.37. The minimum atomic E-state index is 0.227. The van der Waals surface area contributed by atoms with E-state index in [1.807, 2.05) is 31.2 Å². The number of fused-ring (bicyclic) bond motifs is 1. The molecule has 0 aliphatic heterocycles. The zero-order valence-electron chi connectivity index (χ0n) is 9.76. The van der Waals surface area contributed by atoms with Gasteiger partial charge < -0.3 is 0 Å². The van der Waals surface area contributed by atoms with Crippen molar-refractivity contribution in [3.63, 3.8) is 0 Å². The molecule has 0 aliphatic rings. The zero-order chi connectivity index (χ0) is 12.5. The van der Waals surface area contributed by atoms with E-state index in [1.165, 1.54) is 0 Å². The Hall–Kier alpha value is -2.00. The molecule has 0 unspecified atom stereocenters. The summed E-state index contributed by atoms with van der Waals surface area (Å²) in [5.74, 6) is 1.24. The lowest BCUT2D eigenvalue weighted by molar-refractivity contribution is 0.985. The van der Waals surface area contributed by atoms with Crippen LogP contribution in [0.25, 0.3) is 22.2 Å². The fourth-order valence-corrected chi connectivity index (χ4v) is 2.19. The van der Waals surface area contributed by atoms with Gasteiger partial charge in [0, 0.05) is 5.56 Å². The molecule has 0 atom stereocenters. The third-order valence-electron chi connectivity index (χ3n) is 2.75. The Morgan fingerprint density at radius 1 is 0.889 bits per heavy atom.